The summed E-state index contributed by atoms with van der Waals surface area (Å²) in [6.07, 6.45) is 49.4. The molecule has 0 spiro atoms. The van der Waals surface area contributed by atoms with Gasteiger partial charge < -0.3 is 21.1 Å². The molecular weight excluding hydrogens is 719 g/mol. The maximum Gasteiger partial charge on any atom is 0.472 e. The van der Waals surface area contributed by atoms with Crippen molar-refractivity contribution in [1.82, 2.24) is 5.32 Å². The Morgan fingerprint density at radius 2 is 0.929 bits per heavy atom. The fourth-order valence-corrected chi connectivity index (χ4v) is 8.19. The maximum atomic E-state index is 12.8. The highest BCUT2D eigenvalue weighted by atomic mass is 31.2. The highest BCUT2D eigenvalue weighted by molar-refractivity contribution is 7.47. The molecule has 0 radical (unpaired) electrons. The van der Waals surface area contributed by atoms with Crippen molar-refractivity contribution in [2.75, 3.05) is 19.8 Å². The van der Waals surface area contributed by atoms with Crippen molar-refractivity contribution in [2.45, 2.75) is 264 Å². The quantitative estimate of drug-likeness (QED) is 0.0273. The van der Waals surface area contributed by atoms with Crippen LogP contribution in [0, 0.1) is 0 Å². The lowest BCUT2D eigenvalue weighted by Gasteiger charge is -2.25. The van der Waals surface area contributed by atoms with Crippen LogP contribution in [0.1, 0.15) is 251 Å². The Hall–Kier alpha value is -0.760. The zero-order valence-electron chi connectivity index (χ0n) is 37.1. The van der Waals surface area contributed by atoms with E-state index in [1.807, 2.05) is 0 Å². The highest BCUT2D eigenvalue weighted by Gasteiger charge is 2.27. The molecule has 8 nitrogen and oxygen atoms in total. The van der Waals surface area contributed by atoms with Gasteiger partial charge in [0.05, 0.1) is 25.4 Å². The summed E-state index contributed by atoms with van der Waals surface area (Å²) in [6.45, 7) is 4.24. The largest absolute Gasteiger partial charge is 0.472 e. The number of unbranched alkanes of at least 4 members (excludes halogenated alkanes) is 32. The van der Waals surface area contributed by atoms with Gasteiger partial charge in [-0.2, -0.15) is 0 Å². The third kappa shape index (κ3) is 41.4. The van der Waals surface area contributed by atoms with Crippen LogP contribution in [0.15, 0.2) is 12.2 Å². The van der Waals surface area contributed by atoms with Crippen molar-refractivity contribution in [3.63, 3.8) is 0 Å². The molecule has 0 aliphatic rings. The van der Waals surface area contributed by atoms with Crippen LogP contribution < -0.4 is 11.1 Å². The zero-order valence-corrected chi connectivity index (χ0v) is 38.0. The maximum absolute atomic E-state index is 12.8. The number of phosphoric ester groups is 1. The number of phosphoric acid groups is 1. The first kappa shape index (κ1) is 55.2. The Labute approximate surface area is 347 Å². The first-order chi connectivity index (χ1) is 27.4. The molecule has 0 aromatic carbocycles. The Balaban J connectivity index is 4.08. The minimum Gasteiger partial charge on any atom is -0.391 e. The van der Waals surface area contributed by atoms with Crippen LogP contribution >= 0.6 is 7.82 Å². The van der Waals surface area contributed by atoms with E-state index in [0.717, 1.165) is 38.5 Å². The van der Waals surface area contributed by atoms with E-state index < -0.39 is 20.0 Å². The van der Waals surface area contributed by atoms with Gasteiger partial charge in [0.2, 0.25) is 5.91 Å². The number of aliphatic hydroxyl groups is 1. The third-order valence-electron chi connectivity index (χ3n) is 11.1. The lowest BCUT2D eigenvalue weighted by molar-refractivity contribution is -0.123. The lowest BCUT2D eigenvalue weighted by atomic mass is 10.0. The Kier molecular flexibility index (Phi) is 43.2. The van der Waals surface area contributed by atoms with Crippen molar-refractivity contribution < 1.29 is 28.4 Å². The predicted octanol–water partition coefficient (Wildman–Crippen LogP) is 14.0. The summed E-state index contributed by atoms with van der Waals surface area (Å²) >= 11 is 0. The van der Waals surface area contributed by atoms with Gasteiger partial charge in [-0.05, 0) is 38.5 Å². The lowest BCUT2D eigenvalue weighted by Crippen LogP contribution is -2.46. The van der Waals surface area contributed by atoms with Crippen LogP contribution in [-0.4, -0.2) is 47.8 Å². The van der Waals surface area contributed by atoms with Crippen molar-refractivity contribution in [2.24, 2.45) is 5.73 Å². The summed E-state index contributed by atoms with van der Waals surface area (Å²) in [5.74, 6) is -0.162. The van der Waals surface area contributed by atoms with Crippen molar-refractivity contribution in [3.05, 3.63) is 12.2 Å². The number of amides is 1. The number of hydrogen-bond acceptors (Lipinski definition) is 6. The summed E-state index contributed by atoms with van der Waals surface area (Å²) in [5, 5.41) is 13.9. The van der Waals surface area contributed by atoms with Gasteiger partial charge in [0.25, 0.3) is 0 Å². The van der Waals surface area contributed by atoms with Crippen LogP contribution in [0.4, 0.5) is 0 Å². The van der Waals surface area contributed by atoms with Gasteiger partial charge in [-0.3, -0.25) is 13.8 Å². The fourth-order valence-electron chi connectivity index (χ4n) is 7.43. The monoisotopic (exact) mass is 815 g/mol. The molecule has 3 atom stereocenters. The minimum absolute atomic E-state index is 0.0901. The molecule has 0 rings (SSSR count). The number of aliphatic hydroxyl groups excluding tert-OH is 1. The average molecular weight is 815 g/mol. The Morgan fingerprint density at radius 1 is 0.571 bits per heavy atom. The second kappa shape index (κ2) is 43.8. The molecule has 334 valence electrons. The van der Waals surface area contributed by atoms with Crippen LogP contribution in [0.25, 0.3) is 0 Å². The molecule has 0 heterocycles. The molecule has 0 fully saturated rings. The third-order valence-corrected chi connectivity index (χ3v) is 12.1. The van der Waals surface area contributed by atoms with Gasteiger partial charge in [-0.25, -0.2) is 4.57 Å². The number of carbonyl (C=O) groups is 1. The van der Waals surface area contributed by atoms with Crippen molar-refractivity contribution in [3.8, 4) is 0 Å². The summed E-state index contributed by atoms with van der Waals surface area (Å²) < 4.78 is 22.2. The standard InChI is InChI=1S/C47H95N2O6P/c1-3-5-7-9-11-13-15-17-19-21-23-24-26-28-30-32-34-36-38-40-46(50)45(44-55-56(52,53)54-43-42-48)49-47(51)41-39-37-35-33-31-29-27-25-22-20-18-16-14-12-10-8-6-4-2/h20,22,45-46,50H,3-19,21,23-44,48H2,1-2H3,(H,49,51)(H,52,53)/b22-20-. The van der Waals surface area contributed by atoms with Gasteiger partial charge in [0.1, 0.15) is 0 Å². The normalized spacial score (nSPS) is 14.0. The van der Waals surface area contributed by atoms with Gasteiger partial charge in [0, 0.05) is 13.0 Å². The van der Waals surface area contributed by atoms with Crippen LogP contribution in [0.5, 0.6) is 0 Å². The second-order valence-electron chi connectivity index (χ2n) is 16.7. The average Bonchev–Trinajstić information content (AvgIpc) is 3.19. The van der Waals surface area contributed by atoms with E-state index in [0.29, 0.717) is 12.8 Å². The molecule has 0 aliphatic heterocycles. The zero-order chi connectivity index (χ0) is 41.1. The molecule has 1 amide bonds. The molecule has 5 N–H and O–H groups in total. The van der Waals surface area contributed by atoms with E-state index in [1.165, 1.54) is 186 Å². The number of nitrogens with two attached hydrogens (primary N) is 1. The SMILES string of the molecule is CCCCCCCCC/C=C\CCCCCCCCCC(=O)NC(COP(=O)(O)OCCN)C(O)CCCCCCCCCCCCCCCCCCCCC. The molecule has 3 unspecified atom stereocenters. The molecule has 9 heteroatoms. The fraction of sp³-hybridized carbons (Fsp3) is 0.936. The first-order valence-electron chi connectivity index (χ1n) is 24.3. The van der Waals surface area contributed by atoms with Crippen LogP contribution in [0.2, 0.25) is 0 Å². The van der Waals surface area contributed by atoms with Gasteiger partial charge >= 0.3 is 7.82 Å². The molecule has 56 heavy (non-hydrogen) atoms. The number of hydrogen-bond donors (Lipinski definition) is 4. The van der Waals surface area contributed by atoms with Crippen molar-refractivity contribution >= 4 is 13.7 Å². The molecule has 0 saturated carbocycles. The number of allylic oxidation sites excluding steroid dienone is 2. The van der Waals surface area contributed by atoms with Gasteiger partial charge in [-0.1, -0.05) is 219 Å². The first-order valence-corrected chi connectivity index (χ1v) is 25.8. The van der Waals surface area contributed by atoms with Gasteiger partial charge in [0.15, 0.2) is 0 Å². The van der Waals surface area contributed by atoms with E-state index in [1.54, 1.807) is 0 Å². The van der Waals surface area contributed by atoms with E-state index in [4.69, 9.17) is 14.8 Å². The van der Waals surface area contributed by atoms with Crippen molar-refractivity contribution in [1.29, 1.82) is 0 Å². The minimum atomic E-state index is -4.32. The summed E-state index contributed by atoms with van der Waals surface area (Å²) in [7, 11) is -4.32. The van der Waals surface area contributed by atoms with E-state index in [9.17, 15) is 19.4 Å². The summed E-state index contributed by atoms with van der Waals surface area (Å²) in [4.78, 5) is 22.8. The highest BCUT2D eigenvalue weighted by Crippen LogP contribution is 2.43. The Morgan fingerprint density at radius 3 is 1.32 bits per heavy atom. The molecular formula is C47H95N2O6P. The molecule has 0 bridgehead atoms. The second-order valence-corrected chi connectivity index (χ2v) is 18.1. The van der Waals surface area contributed by atoms with E-state index >= 15 is 0 Å². The summed E-state index contributed by atoms with van der Waals surface area (Å²) in [5.41, 5.74) is 5.39. The Bertz CT molecular complexity index is 891. The smallest absolute Gasteiger partial charge is 0.391 e. The number of carbonyl (C=O) groups excluding carboxylic acids is 1. The molecule has 0 aromatic rings. The van der Waals surface area contributed by atoms with E-state index in [2.05, 4.69) is 31.3 Å². The topological polar surface area (TPSA) is 131 Å². The molecule has 0 aromatic heterocycles. The molecule has 0 saturated heterocycles. The molecule has 0 aliphatic carbocycles. The predicted molar refractivity (Wildman–Crippen MR) is 240 cm³/mol. The number of nitrogens with one attached hydrogen (secondary N) is 1. The van der Waals surface area contributed by atoms with E-state index in [-0.39, 0.29) is 25.7 Å². The number of rotatable bonds is 46. The summed E-state index contributed by atoms with van der Waals surface area (Å²) in [6, 6.07) is -0.774. The van der Waals surface area contributed by atoms with Gasteiger partial charge in [-0.15, -0.1) is 0 Å². The van der Waals surface area contributed by atoms with Crippen LogP contribution in [0.3, 0.4) is 0 Å². The van der Waals surface area contributed by atoms with Crippen LogP contribution in [-0.2, 0) is 18.4 Å².